The number of nitrogens with zero attached hydrogens (tertiary/aromatic N) is 3. The van der Waals surface area contributed by atoms with Crippen LogP contribution in [0.4, 0.5) is 5.82 Å². The smallest absolute Gasteiger partial charge is 0.358 e. The maximum Gasteiger partial charge on any atom is 0.358 e. The van der Waals surface area contributed by atoms with Crippen LogP contribution >= 0.6 is 0 Å². The minimum atomic E-state index is -0.438. The van der Waals surface area contributed by atoms with Crippen LogP contribution in [0.15, 0.2) is 12.1 Å². The molecule has 96 valence electrons. The van der Waals surface area contributed by atoms with Gasteiger partial charge >= 0.3 is 5.97 Å². The van der Waals surface area contributed by atoms with E-state index >= 15 is 0 Å². The molecule has 1 aromatic heterocycles. The van der Waals surface area contributed by atoms with Gasteiger partial charge in [-0.05, 0) is 36.8 Å². The summed E-state index contributed by atoms with van der Waals surface area (Å²) in [6, 6.07) is 3.54. The summed E-state index contributed by atoms with van der Waals surface area (Å²) < 4.78 is 4.61. The molecule has 1 aliphatic heterocycles. The topological polar surface area (TPSA) is 55.3 Å². The van der Waals surface area contributed by atoms with Crippen LogP contribution in [0.3, 0.4) is 0 Å². The predicted molar refractivity (Wildman–Crippen MR) is 66.4 cm³/mol. The van der Waals surface area contributed by atoms with Crippen molar-refractivity contribution >= 4 is 11.8 Å². The summed E-state index contributed by atoms with van der Waals surface area (Å²) in [5, 5.41) is 8.05. The van der Waals surface area contributed by atoms with Gasteiger partial charge < -0.3 is 9.64 Å². The molecular formula is C13H17N3O2. The highest BCUT2D eigenvalue weighted by atomic mass is 16.5. The largest absolute Gasteiger partial charge is 0.464 e. The zero-order valence-corrected chi connectivity index (χ0v) is 10.5. The molecular weight excluding hydrogens is 230 g/mol. The highest BCUT2D eigenvalue weighted by molar-refractivity contribution is 5.86. The van der Waals surface area contributed by atoms with E-state index in [0.29, 0.717) is 0 Å². The lowest BCUT2D eigenvalue weighted by Crippen LogP contribution is -2.22. The van der Waals surface area contributed by atoms with Gasteiger partial charge in [-0.15, -0.1) is 10.2 Å². The van der Waals surface area contributed by atoms with Crippen LogP contribution in [0.2, 0.25) is 0 Å². The number of esters is 1. The summed E-state index contributed by atoms with van der Waals surface area (Å²) in [5.41, 5.74) is 0.264. The predicted octanol–water partition coefficient (Wildman–Crippen LogP) is 1.50. The number of methoxy groups -OCH3 is 1. The minimum Gasteiger partial charge on any atom is -0.464 e. The lowest BCUT2D eigenvalue weighted by atomic mass is 10.0. The minimum absolute atomic E-state index is 0.264. The molecule has 0 spiro atoms. The fourth-order valence-corrected chi connectivity index (χ4v) is 3.13. The number of ether oxygens (including phenoxy) is 1. The maximum atomic E-state index is 11.3. The van der Waals surface area contributed by atoms with Crippen LogP contribution in [0.1, 0.15) is 29.8 Å². The first-order valence-electron chi connectivity index (χ1n) is 6.45. The SMILES string of the molecule is COC(=O)c1ccc(N2C[C@@H]3CCC[C@H]3C2)nn1. The summed E-state index contributed by atoms with van der Waals surface area (Å²) in [7, 11) is 1.35. The first-order chi connectivity index (χ1) is 8.78. The van der Waals surface area contributed by atoms with Crippen molar-refractivity contribution in [1.82, 2.24) is 10.2 Å². The standard InChI is InChI=1S/C13H17N3O2/c1-18-13(17)11-5-6-12(15-14-11)16-7-9-3-2-4-10(9)8-16/h5-6,9-10H,2-4,7-8H2,1H3/t9-,10-/m0/s1. The van der Waals surface area contributed by atoms with Crippen molar-refractivity contribution < 1.29 is 9.53 Å². The van der Waals surface area contributed by atoms with Gasteiger partial charge in [-0.3, -0.25) is 0 Å². The van der Waals surface area contributed by atoms with E-state index in [2.05, 4.69) is 19.8 Å². The molecule has 18 heavy (non-hydrogen) atoms. The first kappa shape index (κ1) is 11.4. The molecule has 1 saturated carbocycles. The molecule has 0 N–H and O–H groups in total. The van der Waals surface area contributed by atoms with Gasteiger partial charge in [0.05, 0.1) is 7.11 Å². The number of hydrogen-bond acceptors (Lipinski definition) is 5. The number of aromatic nitrogens is 2. The molecule has 2 atom stereocenters. The monoisotopic (exact) mass is 247 g/mol. The van der Waals surface area contributed by atoms with Gasteiger partial charge in [-0.1, -0.05) is 6.42 Å². The number of rotatable bonds is 2. The summed E-state index contributed by atoms with van der Waals surface area (Å²) in [4.78, 5) is 13.5. The molecule has 1 saturated heterocycles. The Morgan fingerprint density at radius 2 is 2.00 bits per heavy atom. The number of anilines is 1. The average Bonchev–Trinajstić information content (AvgIpc) is 2.99. The summed E-state index contributed by atoms with van der Waals surface area (Å²) in [6.07, 6.45) is 4.06. The Morgan fingerprint density at radius 3 is 2.56 bits per heavy atom. The normalized spacial score (nSPS) is 26.2. The van der Waals surface area contributed by atoms with Gasteiger partial charge in [-0.25, -0.2) is 4.79 Å². The van der Waals surface area contributed by atoms with Crippen LogP contribution < -0.4 is 4.90 Å². The lowest BCUT2D eigenvalue weighted by molar-refractivity contribution is 0.0592. The Kier molecular flexibility index (Phi) is 2.89. The van der Waals surface area contributed by atoms with Gasteiger partial charge in [0.1, 0.15) is 0 Å². The fourth-order valence-electron chi connectivity index (χ4n) is 3.13. The molecule has 2 fully saturated rings. The maximum absolute atomic E-state index is 11.3. The molecule has 0 bridgehead atoms. The molecule has 0 aromatic carbocycles. The molecule has 0 amide bonds. The zero-order valence-electron chi connectivity index (χ0n) is 10.5. The van der Waals surface area contributed by atoms with E-state index in [-0.39, 0.29) is 5.69 Å². The van der Waals surface area contributed by atoms with Crippen molar-refractivity contribution in [2.45, 2.75) is 19.3 Å². The van der Waals surface area contributed by atoms with E-state index in [1.165, 1.54) is 26.4 Å². The van der Waals surface area contributed by atoms with Crippen molar-refractivity contribution in [3.8, 4) is 0 Å². The van der Waals surface area contributed by atoms with Crippen LogP contribution in [0, 0.1) is 11.8 Å². The van der Waals surface area contributed by atoms with Crippen molar-refractivity contribution in [3.63, 3.8) is 0 Å². The summed E-state index contributed by atoms with van der Waals surface area (Å²) >= 11 is 0. The van der Waals surface area contributed by atoms with Crippen molar-refractivity contribution in [1.29, 1.82) is 0 Å². The Balaban J connectivity index is 1.72. The molecule has 2 heterocycles. The van der Waals surface area contributed by atoms with Gasteiger partial charge in [0, 0.05) is 13.1 Å². The van der Waals surface area contributed by atoms with Gasteiger partial charge in [0.25, 0.3) is 0 Å². The van der Waals surface area contributed by atoms with E-state index in [9.17, 15) is 4.79 Å². The van der Waals surface area contributed by atoms with Crippen molar-refractivity contribution in [2.24, 2.45) is 11.8 Å². The third-order valence-electron chi connectivity index (χ3n) is 4.10. The highest BCUT2D eigenvalue weighted by Crippen LogP contribution is 2.38. The molecule has 1 aromatic rings. The highest BCUT2D eigenvalue weighted by Gasteiger charge is 2.36. The molecule has 3 rings (SSSR count). The molecule has 1 aliphatic carbocycles. The molecule has 5 nitrogen and oxygen atoms in total. The van der Waals surface area contributed by atoms with Crippen LogP contribution in [-0.2, 0) is 4.74 Å². The quantitative estimate of drug-likeness (QED) is 0.741. The number of carbonyl (C=O) groups excluding carboxylic acids is 1. The molecule has 0 unspecified atom stereocenters. The Hall–Kier alpha value is -1.65. The average molecular weight is 247 g/mol. The number of carbonyl (C=O) groups is 1. The third-order valence-corrected chi connectivity index (χ3v) is 4.10. The van der Waals surface area contributed by atoms with Gasteiger partial charge in [0.2, 0.25) is 0 Å². The van der Waals surface area contributed by atoms with Crippen molar-refractivity contribution in [2.75, 3.05) is 25.1 Å². The van der Waals surface area contributed by atoms with Gasteiger partial charge in [0.15, 0.2) is 11.5 Å². The second-order valence-corrected chi connectivity index (χ2v) is 5.12. The first-order valence-corrected chi connectivity index (χ1v) is 6.45. The summed E-state index contributed by atoms with van der Waals surface area (Å²) in [5.74, 6) is 2.09. The van der Waals surface area contributed by atoms with Crippen LogP contribution in [-0.4, -0.2) is 36.4 Å². The summed E-state index contributed by atoms with van der Waals surface area (Å²) in [6.45, 7) is 2.16. The van der Waals surface area contributed by atoms with E-state index in [0.717, 1.165) is 30.7 Å². The zero-order chi connectivity index (χ0) is 12.5. The molecule has 2 aliphatic rings. The Morgan fingerprint density at radius 1 is 1.28 bits per heavy atom. The second kappa shape index (κ2) is 4.55. The fraction of sp³-hybridized carbons (Fsp3) is 0.615. The Bertz CT molecular complexity index is 434. The number of fused-ring (bicyclic) bond motifs is 1. The van der Waals surface area contributed by atoms with Crippen LogP contribution in [0.25, 0.3) is 0 Å². The number of hydrogen-bond donors (Lipinski definition) is 0. The Labute approximate surface area is 106 Å². The lowest BCUT2D eigenvalue weighted by Gasteiger charge is -2.17. The third kappa shape index (κ3) is 1.94. The van der Waals surface area contributed by atoms with Crippen LogP contribution in [0.5, 0.6) is 0 Å². The van der Waals surface area contributed by atoms with Crippen molar-refractivity contribution in [3.05, 3.63) is 17.8 Å². The van der Waals surface area contributed by atoms with Gasteiger partial charge in [-0.2, -0.15) is 0 Å². The van der Waals surface area contributed by atoms with E-state index in [1.54, 1.807) is 6.07 Å². The van der Waals surface area contributed by atoms with E-state index < -0.39 is 5.97 Å². The van der Waals surface area contributed by atoms with E-state index in [1.807, 2.05) is 6.07 Å². The van der Waals surface area contributed by atoms with E-state index in [4.69, 9.17) is 0 Å². The second-order valence-electron chi connectivity index (χ2n) is 5.12. The molecule has 0 radical (unpaired) electrons. The molecule has 5 heteroatoms.